The lowest BCUT2D eigenvalue weighted by atomic mass is 9.76. The van der Waals surface area contributed by atoms with Crippen LogP contribution in [-0.4, -0.2) is 24.8 Å². The van der Waals surface area contributed by atoms with Crippen molar-refractivity contribution in [3.8, 4) is 0 Å². The molecule has 2 aromatic heterocycles. The predicted molar refractivity (Wildman–Crippen MR) is 166 cm³/mol. The summed E-state index contributed by atoms with van der Waals surface area (Å²) in [4.78, 5) is 0.394. The van der Waals surface area contributed by atoms with E-state index in [1.807, 2.05) is 42.5 Å². The van der Waals surface area contributed by atoms with Gasteiger partial charge in [-0.15, -0.1) is 0 Å². The van der Waals surface area contributed by atoms with Gasteiger partial charge in [0.15, 0.2) is 0 Å². The van der Waals surface area contributed by atoms with Crippen molar-refractivity contribution in [2.24, 2.45) is 0 Å². The first-order valence-corrected chi connectivity index (χ1v) is 16.7. The van der Waals surface area contributed by atoms with Crippen molar-refractivity contribution in [2.45, 2.75) is 47.8 Å². The van der Waals surface area contributed by atoms with Crippen molar-refractivity contribution < 1.29 is 16.8 Å². The lowest BCUT2D eigenvalue weighted by Gasteiger charge is -2.30. The highest BCUT2D eigenvalue weighted by molar-refractivity contribution is 7.90. The summed E-state index contributed by atoms with van der Waals surface area (Å²) in [5, 5.41) is 1.67. The number of rotatable bonds is 5. The van der Waals surface area contributed by atoms with Crippen LogP contribution in [0.15, 0.2) is 125 Å². The molecule has 2 heterocycles. The van der Waals surface area contributed by atoms with E-state index in [4.69, 9.17) is 0 Å². The zero-order valence-corrected chi connectivity index (χ0v) is 25.2. The van der Waals surface area contributed by atoms with Gasteiger partial charge in [-0.25, -0.2) is 24.8 Å². The van der Waals surface area contributed by atoms with Crippen LogP contribution in [0.2, 0.25) is 0 Å². The Bertz CT molecular complexity index is 2230. The van der Waals surface area contributed by atoms with E-state index in [1.54, 1.807) is 72.9 Å². The maximum Gasteiger partial charge on any atom is 0.268 e. The number of fused-ring (bicyclic) bond motifs is 4. The number of hydrogen-bond acceptors (Lipinski definition) is 4. The lowest BCUT2D eigenvalue weighted by molar-refractivity contribution is 0.422. The minimum atomic E-state index is -4.00. The van der Waals surface area contributed by atoms with Gasteiger partial charge in [0.05, 0.1) is 20.8 Å². The Labute approximate surface area is 246 Å². The molecular weight excluding hydrogens is 565 g/mol. The zero-order chi connectivity index (χ0) is 29.5. The van der Waals surface area contributed by atoms with Gasteiger partial charge >= 0.3 is 0 Å². The van der Waals surface area contributed by atoms with E-state index < -0.39 is 30.9 Å². The van der Waals surface area contributed by atoms with Crippen LogP contribution in [0.25, 0.3) is 21.8 Å². The summed E-state index contributed by atoms with van der Waals surface area (Å²) in [5.41, 5.74) is 2.36. The molecular formula is C34H30N2O4S2. The molecule has 1 aliphatic rings. The molecule has 0 aliphatic heterocycles. The maximum absolute atomic E-state index is 14.5. The van der Waals surface area contributed by atoms with E-state index in [-0.39, 0.29) is 9.79 Å². The molecule has 0 radical (unpaired) electrons. The van der Waals surface area contributed by atoms with Gasteiger partial charge in [-0.1, -0.05) is 86.6 Å². The highest BCUT2D eigenvalue weighted by atomic mass is 32.2. The summed E-state index contributed by atoms with van der Waals surface area (Å²) in [7, 11) is -7.92. The normalized spacial score (nSPS) is 18.5. The van der Waals surface area contributed by atoms with Crippen LogP contribution < -0.4 is 0 Å². The van der Waals surface area contributed by atoms with Crippen LogP contribution in [-0.2, 0) is 30.9 Å². The standard InChI is InChI=1S/C34H30N2O4S2/c1-33(2)23-34(3,28-22-35(29-20-12-10-18-26(28)29)41(37,38)24-14-6-4-7-15-24)32-31(33)27-19-11-13-21-30(27)36(32)42(39,40)25-16-8-5-9-17-25/h4-22H,23H2,1-3H3/t34-/m0/s1. The summed E-state index contributed by atoms with van der Waals surface area (Å²) in [5.74, 6) is 0. The van der Waals surface area contributed by atoms with Gasteiger partial charge in [0.25, 0.3) is 20.0 Å². The molecule has 0 fully saturated rings. The number of aromatic nitrogens is 2. The lowest BCUT2D eigenvalue weighted by Crippen LogP contribution is -2.29. The van der Waals surface area contributed by atoms with E-state index in [2.05, 4.69) is 20.8 Å². The van der Waals surface area contributed by atoms with Gasteiger partial charge in [0, 0.05) is 28.1 Å². The Hall–Kier alpha value is -4.14. The molecule has 0 N–H and O–H groups in total. The monoisotopic (exact) mass is 594 g/mol. The predicted octanol–water partition coefficient (Wildman–Crippen LogP) is 7.06. The molecule has 212 valence electrons. The smallest absolute Gasteiger partial charge is 0.241 e. The Morgan fingerprint density at radius 1 is 0.595 bits per heavy atom. The fourth-order valence-electron chi connectivity index (χ4n) is 7.12. The third kappa shape index (κ3) is 3.61. The molecule has 0 bridgehead atoms. The molecule has 1 aliphatic carbocycles. The highest BCUT2D eigenvalue weighted by Crippen LogP contribution is 2.58. The second kappa shape index (κ2) is 8.93. The third-order valence-electron chi connectivity index (χ3n) is 8.68. The average molecular weight is 595 g/mol. The van der Waals surface area contributed by atoms with Crippen molar-refractivity contribution in [3.05, 3.63) is 132 Å². The van der Waals surface area contributed by atoms with Crippen LogP contribution in [0.1, 0.15) is 44.0 Å². The number of nitrogens with zero attached hydrogens (tertiary/aromatic N) is 2. The van der Waals surface area contributed by atoms with Crippen molar-refractivity contribution >= 4 is 41.9 Å². The van der Waals surface area contributed by atoms with E-state index in [0.717, 1.165) is 21.9 Å². The molecule has 42 heavy (non-hydrogen) atoms. The Kier molecular flexibility index (Phi) is 5.68. The van der Waals surface area contributed by atoms with Gasteiger partial charge in [0.2, 0.25) is 0 Å². The van der Waals surface area contributed by atoms with Crippen LogP contribution in [0.4, 0.5) is 0 Å². The molecule has 0 unspecified atom stereocenters. The summed E-state index contributed by atoms with van der Waals surface area (Å²) in [6.07, 6.45) is 2.30. The summed E-state index contributed by atoms with van der Waals surface area (Å²) >= 11 is 0. The Balaban J connectivity index is 1.59. The largest absolute Gasteiger partial charge is 0.268 e. The van der Waals surface area contributed by atoms with Crippen LogP contribution in [0.5, 0.6) is 0 Å². The molecule has 0 saturated heterocycles. The second-order valence-corrected chi connectivity index (χ2v) is 15.5. The van der Waals surface area contributed by atoms with Gasteiger partial charge in [-0.3, -0.25) is 0 Å². The van der Waals surface area contributed by atoms with E-state index >= 15 is 0 Å². The SMILES string of the molecule is CC1(C)C[C@@](C)(c2cn(S(=O)(=O)c3ccccc3)c3ccccc23)c2c1c1ccccc1n2S(=O)(=O)c1ccccc1. The summed E-state index contributed by atoms with van der Waals surface area (Å²) in [6.45, 7) is 6.34. The molecule has 6 aromatic rings. The Morgan fingerprint density at radius 2 is 1.10 bits per heavy atom. The minimum absolute atomic E-state index is 0.190. The van der Waals surface area contributed by atoms with Gasteiger partial charge < -0.3 is 0 Å². The topological polar surface area (TPSA) is 78.1 Å². The quantitative estimate of drug-likeness (QED) is 0.214. The van der Waals surface area contributed by atoms with Crippen LogP contribution in [0, 0.1) is 0 Å². The summed E-state index contributed by atoms with van der Waals surface area (Å²) < 4.78 is 59.7. The fraction of sp³-hybridized carbons (Fsp3) is 0.176. The van der Waals surface area contributed by atoms with Crippen molar-refractivity contribution in [2.75, 3.05) is 0 Å². The van der Waals surface area contributed by atoms with Crippen molar-refractivity contribution in [3.63, 3.8) is 0 Å². The molecule has 6 nitrogen and oxygen atoms in total. The van der Waals surface area contributed by atoms with Crippen LogP contribution in [0.3, 0.4) is 0 Å². The van der Waals surface area contributed by atoms with Crippen molar-refractivity contribution in [1.29, 1.82) is 0 Å². The molecule has 8 heteroatoms. The van der Waals surface area contributed by atoms with Crippen molar-refractivity contribution in [1.82, 2.24) is 7.94 Å². The minimum Gasteiger partial charge on any atom is -0.241 e. The number of benzene rings is 4. The highest BCUT2D eigenvalue weighted by Gasteiger charge is 2.52. The molecule has 1 atom stereocenters. The molecule has 0 saturated carbocycles. The van der Waals surface area contributed by atoms with E-state index in [9.17, 15) is 16.8 Å². The van der Waals surface area contributed by atoms with E-state index in [1.165, 1.54) is 7.94 Å². The third-order valence-corrected chi connectivity index (χ3v) is 12.1. The van der Waals surface area contributed by atoms with Gasteiger partial charge in [0.1, 0.15) is 0 Å². The van der Waals surface area contributed by atoms with E-state index in [0.29, 0.717) is 23.1 Å². The van der Waals surface area contributed by atoms with Gasteiger partial charge in [-0.05, 0) is 66.3 Å². The molecule has 7 rings (SSSR count). The molecule has 0 spiro atoms. The van der Waals surface area contributed by atoms with Gasteiger partial charge in [-0.2, -0.15) is 0 Å². The zero-order valence-electron chi connectivity index (χ0n) is 23.5. The second-order valence-electron chi connectivity index (χ2n) is 11.9. The average Bonchev–Trinajstić information content (AvgIpc) is 3.62. The first kappa shape index (κ1) is 26.7. The molecule has 4 aromatic carbocycles. The maximum atomic E-state index is 14.5. The summed E-state index contributed by atoms with van der Waals surface area (Å²) in [6, 6.07) is 32.0. The molecule has 0 amide bonds. The number of para-hydroxylation sites is 2. The van der Waals surface area contributed by atoms with Crippen LogP contribution >= 0.6 is 0 Å². The fourth-order valence-corrected chi connectivity index (χ4v) is 10.2. The number of hydrogen-bond donors (Lipinski definition) is 0. The first-order valence-electron chi connectivity index (χ1n) is 13.8. The first-order chi connectivity index (χ1) is 20.0. The Morgan fingerprint density at radius 3 is 1.71 bits per heavy atom.